The average molecular weight is 277 g/mol. The van der Waals surface area contributed by atoms with Crippen LogP contribution in [0.4, 0.5) is 5.82 Å². The number of ether oxygens (including phenoxy) is 1. The Morgan fingerprint density at radius 2 is 2.35 bits per heavy atom. The minimum atomic E-state index is 0.0620. The van der Waals surface area contributed by atoms with Crippen molar-refractivity contribution in [3.8, 4) is 0 Å². The van der Waals surface area contributed by atoms with Crippen LogP contribution in [0.15, 0.2) is 12.1 Å². The summed E-state index contributed by atoms with van der Waals surface area (Å²) >= 11 is 0. The summed E-state index contributed by atoms with van der Waals surface area (Å²) in [4.78, 5) is 18.9. The highest BCUT2D eigenvalue weighted by Gasteiger charge is 2.21. The van der Waals surface area contributed by atoms with Crippen molar-refractivity contribution < 1.29 is 9.53 Å². The van der Waals surface area contributed by atoms with Crippen molar-refractivity contribution >= 4 is 11.7 Å². The van der Waals surface area contributed by atoms with E-state index in [2.05, 4.69) is 10.3 Å². The first-order valence-corrected chi connectivity index (χ1v) is 7.23. The van der Waals surface area contributed by atoms with Crippen molar-refractivity contribution in [3.05, 3.63) is 23.4 Å². The molecule has 2 heterocycles. The second-order valence-corrected chi connectivity index (χ2v) is 5.20. The van der Waals surface area contributed by atoms with Crippen LogP contribution < -0.4 is 5.32 Å². The van der Waals surface area contributed by atoms with Gasteiger partial charge in [0.1, 0.15) is 5.82 Å². The summed E-state index contributed by atoms with van der Waals surface area (Å²) < 4.78 is 5.59. The number of pyridine rings is 1. The first-order valence-electron chi connectivity index (χ1n) is 7.23. The van der Waals surface area contributed by atoms with Crippen molar-refractivity contribution in [1.29, 1.82) is 0 Å². The minimum Gasteiger partial charge on any atom is -0.377 e. The SMILES string of the molecule is CCNc1cc(C(=O)N2CCCOC(C)C2)cc(C)n1. The Morgan fingerprint density at radius 1 is 1.55 bits per heavy atom. The number of hydrogen-bond donors (Lipinski definition) is 1. The molecular formula is C15H23N3O2. The molecule has 1 saturated heterocycles. The molecule has 1 fully saturated rings. The van der Waals surface area contributed by atoms with Gasteiger partial charge >= 0.3 is 0 Å². The molecule has 5 heteroatoms. The lowest BCUT2D eigenvalue weighted by Crippen LogP contribution is -2.36. The van der Waals surface area contributed by atoms with Crippen LogP contribution >= 0.6 is 0 Å². The highest BCUT2D eigenvalue weighted by atomic mass is 16.5. The Balaban J connectivity index is 2.18. The molecular weight excluding hydrogens is 254 g/mol. The molecule has 0 bridgehead atoms. The average Bonchev–Trinajstić information content (AvgIpc) is 2.62. The maximum atomic E-state index is 12.6. The largest absolute Gasteiger partial charge is 0.377 e. The number of carbonyl (C=O) groups excluding carboxylic acids is 1. The van der Waals surface area contributed by atoms with Crippen molar-refractivity contribution in [2.45, 2.75) is 33.3 Å². The maximum Gasteiger partial charge on any atom is 0.254 e. The van der Waals surface area contributed by atoms with E-state index in [0.717, 1.165) is 37.6 Å². The van der Waals surface area contributed by atoms with Gasteiger partial charge in [-0.05, 0) is 39.3 Å². The molecule has 1 unspecified atom stereocenters. The Kier molecular flexibility index (Phi) is 4.95. The van der Waals surface area contributed by atoms with E-state index in [4.69, 9.17) is 4.74 Å². The zero-order valence-electron chi connectivity index (χ0n) is 12.5. The summed E-state index contributed by atoms with van der Waals surface area (Å²) in [6.45, 7) is 8.85. The first kappa shape index (κ1) is 14.8. The molecule has 5 nitrogen and oxygen atoms in total. The molecule has 2 rings (SSSR count). The van der Waals surface area contributed by atoms with Crippen LogP contribution in [0.25, 0.3) is 0 Å². The number of aryl methyl sites for hydroxylation is 1. The summed E-state index contributed by atoms with van der Waals surface area (Å²) in [7, 11) is 0. The minimum absolute atomic E-state index is 0.0620. The van der Waals surface area contributed by atoms with Crippen molar-refractivity contribution in [2.24, 2.45) is 0 Å². The predicted octanol–water partition coefficient (Wildman–Crippen LogP) is 2.07. The zero-order chi connectivity index (χ0) is 14.5. The van der Waals surface area contributed by atoms with Crippen LogP contribution in [-0.4, -0.2) is 48.1 Å². The molecule has 0 aliphatic carbocycles. The fourth-order valence-electron chi connectivity index (χ4n) is 2.43. The van der Waals surface area contributed by atoms with E-state index in [1.807, 2.05) is 37.8 Å². The van der Waals surface area contributed by atoms with Gasteiger partial charge in [0, 0.05) is 37.5 Å². The molecule has 20 heavy (non-hydrogen) atoms. The Morgan fingerprint density at radius 3 is 3.10 bits per heavy atom. The lowest BCUT2D eigenvalue weighted by atomic mass is 10.2. The Hall–Kier alpha value is -1.62. The van der Waals surface area contributed by atoms with Gasteiger partial charge in [0.2, 0.25) is 0 Å². The Bertz CT molecular complexity index is 476. The summed E-state index contributed by atoms with van der Waals surface area (Å²) in [6, 6.07) is 3.68. The molecule has 1 aliphatic rings. The highest BCUT2D eigenvalue weighted by Crippen LogP contribution is 2.15. The number of carbonyl (C=O) groups is 1. The van der Waals surface area contributed by atoms with Crippen LogP contribution in [0.5, 0.6) is 0 Å². The monoisotopic (exact) mass is 277 g/mol. The number of nitrogens with zero attached hydrogens (tertiary/aromatic N) is 2. The molecule has 1 amide bonds. The van der Waals surface area contributed by atoms with Crippen molar-refractivity contribution in [2.75, 3.05) is 31.6 Å². The molecule has 1 aromatic rings. The molecule has 0 saturated carbocycles. The number of nitrogens with one attached hydrogen (secondary N) is 1. The van der Waals surface area contributed by atoms with E-state index in [1.165, 1.54) is 0 Å². The summed E-state index contributed by atoms with van der Waals surface area (Å²) in [5, 5.41) is 3.16. The smallest absolute Gasteiger partial charge is 0.254 e. The van der Waals surface area contributed by atoms with Crippen LogP contribution in [0.1, 0.15) is 36.3 Å². The molecule has 1 N–H and O–H groups in total. The lowest BCUT2D eigenvalue weighted by molar-refractivity contribution is 0.0562. The van der Waals surface area contributed by atoms with E-state index in [9.17, 15) is 4.79 Å². The molecule has 1 atom stereocenters. The summed E-state index contributed by atoms with van der Waals surface area (Å²) in [5.74, 6) is 0.821. The fraction of sp³-hybridized carbons (Fsp3) is 0.600. The predicted molar refractivity (Wildman–Crippen MR) is 79.1 cm³/mol. The van der Waals surface area contributed by atoms with E-state index >= 15 is 0 Å². The molecule has 0 radical (unpaired) electrons. The van der Waals surface area contributed by atoms with E-state index in [-0.39, 0.29) is 12.0 Å². The van der Waals surface area contributed by atoms with Gasteiger partial charge in [-0.2, -0.15) is 0 Å². The third-order valence-electron chi connectivity index (χ3n) is 3.30. The van der Waals surface area contributed by atoms with Crippen LogP contribution in [0.3, 0.4) is 0 Å². The van der Waals surface area contributed by atoms with Gasteiger partial charge in [0.25, 0.3) is 5.91 Å². The van der Waals surface area contributed by atoms with Crippen LogP contribution in [0, 0.1) is 6.92 Å². The maximum absolute atomic E-state index is 12.6. The molecule has 1 aromatic heterocycles. The molecule has 110 valence electrons. The van der Waals surface area contributed by atoms with Gasteiger partial charge in [-0.15, -0.1) is 0 Å². The lowest BCUT2D eigenvalue weighted by Gasteiger charge is -2.22. The van der Waals surface area contributed by atoms with Crippen LogP contribution in [0.2, 0.25) is 0 Å². The van der Waals surface area contributed by atoms with Crippen molar-refractivity contribution in [3.63, 3.8) is 0 Å². The van der Waals surface area contributed by atoms with Gasteiger partial charge in [0.05, 0.1) is 6.10 Å². The quantitative estimate of drug-likeness (QED) is 0.919. The van der Waals surface area contributed by atoms with Gasteiger partial charge in [-0.25, -0.2) is 4.98 Å². The van der Waals surface area contributed by atoms with Crippen LogP contribution in [-0.2, 0) is 4.74 Å². The molecule has 1 aliphatic heterocycles. The molecule has 0 spiro atoms. The van der Waals surface area contributed by atoms with E-state index in [1.54, 1.807) is 0 Å². The Labute approximate surface area is 120 Å². The number of rotatable bonds is 3. The van der Waals surface area contributed by atoms with Gasteiger partial charge in [-0.3, -0.25) is 4.79 Å². The summed E-state index contributed by atoms with van der Waals surface area (Å²) in [5.41, 5.74) is 1.55. The van der Waals surface area contributed by atoms with E-state index in [0.29, 0.717) is 12.1 Å². The van der Waals surface area contributed by atoms with E-state index < -0.39 is 0 Å². The van der Waals surface area contributed by atoms with Gasteiger partial charge in [-0.1, -0.05) is 0 Å². The number of aromatic nitrogens is 1. The second kappa shape index (κ2) is 6.70. The topological polar surface area (TPSA) is 54.5 Å². The van der Waals surface area contributed by atoms with Gasteiger partial charge < -0.3 is 15.0 Å². The molecule has 0 aromatic carbocycles. The number of anilines is 1. The zero-order valence-corrected chi connectivity index (χ0v) is 12.5. The number of hydrogen-bond acceptors (Lipinski definition) is 4. The standard InChI is InChI=1S/C15H23N3O2/c1-4-16-14-9-13(8-11(2)17-14)15(19)18-6-5-7-20-12(3)10-18/h8-9,12H,4-7,10H2,1-3H3,(H,16,17). The van der Waals surface area contributed by atoms with Gasteiger partial charge in [0.15, 0.2) is 0 Å². The third-order valence-corrected chi connectivity index (χ3v) is 3.30. The van der Waals surface area contributed by atoms with Crippen molar-refractivity contribution in [1.82, 2.24) is 9.88 Å². The summed E-state index contributed by atoms with van der Waals surface area (Å²) in [6.07, 6.45) is 0.984. The fourth-order valence-corrected chi connectivity index (χ4v) is 2.43. The third kappa shape index (κ3) is 3.70. The number of amides is 1. The highest BCUT2D eigenvalue weighted by molar-refractivity contribution is 5.95. The normalized spacial score (nSPS) is 19.6. The second-order valence-electron chi connectivity index (χ2n) is 5.20. The first-order chi connectivity index (χ1) is 9.60.